The summed E-state index contributed by atoms with van der Waals surface area (Å²) in [5.74, 6) is -0.876. The molecule has 2 aromatic carbocycles. The van der Waals surface area contributed by atoms with Gasteiger partial charge in [-0.2, -0.15) is 0 Å². The maximum Gasteiger partial charge on any atom is 0.325 e. The number of imide groups is 1. The van der Waals surface area contributed by atoms with Crippen LogP contribution in [-0.2, 0) is 15.1 Å². The average Bonchev–Trinajstić information content (AvgIpc) is 2.91. The summed E-state index contributed by atoms with van der Waals surface area (Å²) in [5.41, 5.74) is 2.09. The van der Waals surface area contributed by atoms with Gasteiger partial charge in [0.25, 0.3) is 5.91 Å². The first-order valence-electron chi connectivity index (χ1n) is 9.04. The van der Waals surface area contributed by atoms with Gasteiger partial charge in [0.15, 0.2) is 0 Å². The van der Waals surface area contributed by atoms with Crippen molar-refractivity contribution in [3.05, 3.63) is 64.2 Å². The normalized spacial score (nSPS) is 18.9. The van der Waals surface area contributed by atoms with Crippen molar-refractivity contribution in [2.45, 2.75) is 32.7 Å². The van der Waals surface area contributed by atoms with Gasteiger partial charge in [-0.3, -0.25) is 14.5 Å². The molecule has 1 saturated heterocycles. The van der Waals surface area contributed by atoms with E-state index in [1.807, 2.05) is 32.9 Å². The van der Waals surface area contributed by atoms with Crippen molar-refractivity contribution in [3.8, 4) is 0 Å². The number of benzene rings is 2. The number of halogens is 1. The summed E-state index contributed by atoms with van der Waals surface area (Å²) in [6, 6.07) is 11.8. The van der Waals surface area contributed by atoms with Crippen LogP contribution in [0, 0.1) is 13.8 Å². The van der Waals surface area contributed by atoms with E-state index in [1.165, 1.54) is 0 Å². The molecule has 146 valence electrons. The Kier molecular flexibility index (Phi) is 5.42. The third-order valence-corrected chi connectivity index (χ3v) is 5.48. The smallest absolute Gasteiger partial charge is 0.324 e. The molecule has 1 heterocycles. The molecular weight excluding hydrogens is 378 g/mol. The molecule has 0 bridgehead atoms. The predicted octanol–water partition coefficient (Wildman–Crippen LogP) is 3.75. The second-order valence-electron chi connectivity index (χ2n) is 6.88. The van der Waals surface area contributed by atoms with Gasteiger partial charge in [-0.15, -0.1) is 0 Å². The molecule has 0 aliphatic carbocycles. The highest BCUT2D eigenvalue weighted by Gasteiger charge is 2.51. The zero-order valence-electron chi connectivity index (χ0n) is 16.0. The molecule has 0 saturated carbocycles. The van der Waals surface area contributed by atoms with E-state index in [0.29, 0.717) is 22.7 Å². The van der Waals surface area contributed by atoms with E-state index in [9.17, 15) is 14.4 Å². The quantitative estimate of drug-likeness (QED) is 0.751. The standard InChI is InChI=1S/C21H22ClN3O3/c1-4-21(15-8-10-16(22)11-9-15)19(27)25(20(28)24-21)12-18(26)23-17-7-5-6-13(2)14(17)3/h5-11H,4,12H2,1-3H3,(H,23,26)(H,24,28). The van der Waals surface area contributed by atoms with Crippen LogP contribution in [-0.4, -0.2) is 29.3 Å². The average molecular weight is 400 g/mol. The largest absolute Gasteiger partial charge is 0.325 e. The lowest BCUT2D eigenvalue weighted by atomic mass is 9.87. The van der Waals surface area contributed by atoms with Crippen LogP contribution in [0.4, 0.5) is 10.5 Å². The van der Waals surface area contributed by atoms with Crippen molar-refractivity contribution >= 4 is 35.1 Å². The summed E-state index contributed by atoms with van der Waals surface area (Å²) in [6.45, 7) is 5.31. The number of hydrogen-bond acceptors (Lipinski definition) is 3. The molecule has 7 heteroatoms. The van der Waals surface area contributed by atoms with Crippen LogP contribution in [0.15, 0.2) is 42.5 Å². The highest BCUT2D eigenvalue weighted by atomic mass is 35.5. The van der Waals surface area contributed by atoms with Crippen molar-refractivity contribution in [1.29, 1.82) is 0 Å². The highest BCUT2D eigenvalue weighted by Crippen LogP contribution is 2.33. The van der Waals surface area contributed by atoms with Gasteiger partial charge >= 0.3 is 6.03 Å². The van der Waals surface area contributed by atoms with Crippen molar-refractivity contribution in [2.24, 2.45) is 0 Å². The van der Waals surface area contributed by atoms with Crippen molar-refractivity contribution in [3.63, 3.8) is 0 Å². The predicted molar refractivity (Wildman–Crippen MR) is 108 cm³/mol. The molecule has 2 N–H and O–H groups in total. The van der Waals surface area contributed by atoms with Gasteiger partial charge in [0.2, 0.25) is 5.91 Å². The fourth-order valence-corrected chi connectivity index (χ4v) is 3.49. The Hall–Kier alpha value is -2.86. The number of hydrogen-bond donors (Lipinski definition) is 2. The summed E-state index contributed by atoms with van der Waals surface area (Å²) in [6.07, 6.45) is 0.355. The first-order chi connectivity index (χ1) is 13.3. The molecule has 1 fully saturated rings. The third-order valence-electron chi connectivity index (χ3n) is 5.22. The molecule has 4 amide bonds. The molecule has 2 aromatic rings. The number of nitrogens with zero attached hydrogens (tertiary/aromatic N) is 1. The summed E-state index contributed by atoms with van der Waals surface area (Å²) >= 11 is 5.93. The fourth-order valence-electron chi connectivity index (χ4n) is 3.36. The first-order valence-corrected chi connectivity index (χ1v) is 9.42. The number of aryl methyl sites for hydroxylation is 1. The second-order valence-corrected chi connectivity index (χ2v) is 7.32. The minimum absolute atomic E-state index is 0.354. The zero-order valence-corrected chi connectivity index (χ0v) is 16.8. The summed E-state index contributed by atoms with van der Waals surface area (Å²) in [5, 5.41) is 6.08. The van der Waals surface area contributed by atoms with Crippen LogP contribution < -0.4 is 10.6 Å². The minimum atomic E-state index is -1.19. The number of urea groups is 1. The van der Waals surface area contributed by atoms with Gasteiger partial charge in [0.05, 0.1) is 0 Å². The first kappa shape index (κ1) is 19.9. The molecule has 0 radical (unpaired) electrons. The molecule has 3 rings (SSSR count). The molecule has 1 aliphatic rings. The maximum absolute atomic E-state index is 13.1. The molecule has 1 atom stereocenters. The van der Waals surface area contributed by atoms with Gasteiger partial charge in [0, 0.05) is 10.7 Å². The number of anilines is 1. The topological polar surface area (TPSA) is 78.5 Å². The Morgan fingerprint density at radius 3 is 2.46 bits per heavy atom. The van der Waals surface area contributed by atoms with E-state index < -0.39 is 23.4 Å². The van der Waals surface area contributed by atoms with Gasteiger partial charge < -0.3 is 10.6 Å². The van der Waals surface area contributed by atoms with Crippen molar-refractivity contribution in [2.75, 3.05) is 11.9 Å². The molecular formula is C21H22ClN3O3. The molecule has 0 spiro atoms. The molecule has 28 heavy (non-hydrogen) atoms. The van der Waals surface area contributed by atoms with Crippen LogP contribution in [0.3, 0.4) is 0 Å². The van der Waals surface area contributed by atoms with Crippen molar-refractivity contribution in [1.82, 2.24) is 10.2 Å². The Balaban J connectivity index is 1.80. The zero-order chi connectivity index (χ0) is 20.5. The number of rotatable bonds is 5. The lowest BCUT2D eigenvalue weighted by Crippen LogP contribution is -2.44. The van der Waals surface area contributed by atoms with E-state index in [0.717, 1.165) is 16.0 Å². The van der Waals surface area contributed by atoms with E-state index in [1.54, 1.807) is 30.3 Å². The van der Waals surface area contributed by atoms with Crippen LogP contribution in [0.1, 0.15) is 30.0 Å². The number of nitrogens with one attached hydrogen (secondary N) is 2. The van der Waals surface area contributed by atoms with Gasteiger partial charge in [-0.05, 0) is 55.2 Å². The van der Waals surface area contributed by atoms with Crippen molar-refractivity contribution < 1.29 is 14.4 Å². The number of carbonyl (C=O) groups is 3. The lowest BCUT2D eigenvalue weighted by molar-refractivity contribution is -0.134. The molecule has 1 aliphatic heterocycles. The van der Waals surface area contributed by atoms with E-state index >= 15 is 0 Å². The van der Waals surface area contributed by atoms with E-state index in [4.69, 9.17) is 11.6 Å². The van der Waals surface area contributed by atoms with E-state index in [2.05, 4.69) is 10.6 Å². The summed E-state index contributed by atoms with van der Waals surface area (Å²) in [4.78, 5) is 39.0. The monoisotopic (exact) mass is 399 g/mol. The fraction of sp³-hybridized carbons (Fsp3) is 0.286. The van der Waals surface area contributed by atoms with Gasteiger partial charge in [0.1, 0.15) is 12.1 Å². The van der Waals surface area contributed by atoms with Gasteiger partial charge in [-0.1, -0.05) is 42.8 Å². The van der Waals surface area contributed by atoms with Gasteiger partial charge in [-0.25, -0.2) is 4.79 Å². The number of carbonyl (C=O) groups excluding carboxylic acids is 3. The van der Waals surface area contributed by atoms with Crippen LogP contribution in [0.5, 0.6) is 0 Å². The maximum atomic E-state index is 13.1. The summed E-state index contributed by atoms with van der Waals surface area (Å²) < 4.78 is 0. The molecule has 6 nitrogen and oxygen atoms in total. The van der Waals surface area contributed by atoms with E-state index in [-0.39, 0.29) is 6.54 Å². The number of amides is 4. The second kappa shape index (κ2) is 7.64. The minimum Gasteiger partial charge on any atom is -0.324 e. The highest BCUT2D eigenvalue weighted by molar-refractivity contribution is 6.30. The Labute approximate surface area is 168 Å². The lowest BCUT2D eigenvalue weighted by Gasteiger charge is -2.25. The molecule has 1 unspecified atom stereocenters. The van der Waals surface area contributed by atoms with Crippen LogP contribution in [0.2, 0.25) is 5.02 Å². The Bertz CT molecular complexity index is 942. The van der Waals surface area contributed by atoms with Crippen LogP contribution in [0.25, 0.3) is 0 Å². The Morgan fingerprint density at radius 1 is 1.14 bits per heavy atom. The van der Waals surface area contributed by atoms with Crippen LogP contribution >= 0.6 is 11.6 Å². The third kappa shape index (κ3) is 3.47. The summed E-state index contributed by atoms with van der Waals surface area (Å²) in [7, 11) is 0. The molecule has 0 aromatic heterocycles. The Morgan fingerprint density at radius 2 is 1.82 bits per heavy atom. The SMILES string of the molecule is CCC1(c2ccc(Cl)cc2)NC(=O)N(CC(=O)Nc2cccc(C)c2C)C1=O.